The SMILES string of the molecule is COc1ccc(CN=C(N)NCCc2ccc(OC)c(OC(F)F)c2)cc1OC. The van der Waals surface area contributed by atoms with Crippen LogP contribution < -0.4 is 30.0 Å². The molecule has 0 aliphatic carbocycles. The number of hydrogen-bond acceptors (Lipinski definition) is 5. The summed E-state index contributed by atoms with van der Waals surface area (Å²) in [6.45, 7) is -2.08. The first-order valence-electron chi connectivity index (χ1n) is 8.83. The summed E-state index contributed by atoms with van der Waals surface area (Å²) in [5.41, 5.74) is 7.60. The van der Waals surface area contributed by atoms with E-state index in [1.54, 1.807) is 32.4 Å². The van der Waals surface area contributed by atoms with Gasteiger partial charge in [-0.05, 0) is 41.8 Å². The van der Waals surface area contributed by atoms with Gasteiger partial charge in [0.15, 0.2) is 29.0 Å². The molecule has 0 aliphatic heterocycles. The van der Waals surface area contributed by atoms with E-state index in [1.807, 2.05) is 12.1 Å². The van der Waals surface area contributed by atoms with Crippen LogP contribution in [0.1, 0.15) is 11.1 Å². The summed E-state index contributed by atoms with van der Waals surface area (Å²) in [7, 11) is 4.53. The van der Waals surface area contributed by atoms with Gasteiger partial charge in [-0.25, -0.2) is 4.99 Å². The third kappa shape index (κ3) is 6.70. The molecule has 0 bridgehead atoms. The molecule has 0 radical (unpaired) electrons. The molecule has 0 saturated carbocycles. The number of benzene rings is 2. The summed E-state index contributed by atoms with van der Waals surface area (Å²) in [4.78, 5) is 4.28. The fourth-order valence-corrected chi connectivity index (χ4v) is 2.61. The van der Waals surface area contributed by atoms with E-state index < -0.39 is 6.61 Å². The van der Waals surface area contributed by atoms with Crippen molar-refractivity contribution in [3.05, 3.63) is 47.5 Å². The molecule has 3 N–H and O–H groups in total. The van der Waals surface area contributed by atoms with Crippen molar-refractivity contribution < 1.29 is 27.7 Å². The molecule has 29 heavy (non-hydrogen) atoms. The number of nitrogens with one attached hydrogen (secondary N) is 1. The van der Waals surface area contributed by atoms with Crippen LogP contribution in [0.2, 0.25) is 0 Å². The van der Waals surface area contributed by atoms with E-state index in [2.05, 4.69) is 15.0 Å². The average Bonchev–Trinajstić information content (AvgIpc) is 2.71. The van der Waals surface area contributed by atoms with Gasteiger partial charge in [0.2, 0.25) is 0 Å². The number of aliphatic imine (C=N–C) groups is 1. The lowest BCUT2D eigenvalue weighted by atomic mass is 10.1. The fourth-order valence-electron chi connectivity index (χ4n) is 2.61. The summed E-state index contributed by atoms with van der Waals surface area (Å²) in [6, 6.07) is 10.4. The van der Waals surface area contributed by atoms with Crippen molar-refractivity contribution in [3.63, 3.8) is 0 Å². The Bertz CT molecular complexity index is 831. The molecule has 9 heteroatoms. The molecular formula is C20H25F2N3O4. The molecule has 0 aliphatic rings. The molecule has 0 amide bonds. The topological polar surface area (TPSA) is 87.3 Å². The first-order chi connectivity index (χ1) is 14.0. The standard InChI is InChI=1S/C20H25F2N3O4/c1-26-15-7-5-14(11-17(15)28-3)12-25-20(23)24-9-8-13-4-6-16(27-2)18(10-13)29-19(21)22/h4-7,10-11,19H,8-9,12H2,1-3H3,(H3,23,24,25). The Hall–Kier alpha value is -3.23. The van der Waals surface area contributed by atoms with E-state index in [0.717, 1.165) is 11.1 Å². The van der Waals surface area contributed by atoms with Crippen molar-refractivity contribution in [2.75, 3.05) is 27.9 Å². The molecule has 0 heterocycles. The predicted octanol–water partition coefficient (Wildman–Crippen LogP) is 2.96. The summed E-state index contributed by atoms with van der Waals surface area (Å²) in [6.07, 6.45) is 0.538. The molecule has 2 rings (SSSR count). The Balaban J connectivity index is 1.90. The van der Waals surface area contributed by atoms with E-state index in [-0.39, 0.29) is 17.5 Å². The highest BCUT2D eigenvalue weighted by atomic mass is 19.3. The van der Waals surface area contributed by atoms with Crippen LogP contribution in [0, 0.1) is 0 Å². The Labute approximate surface area is 168 Å². The minimum absolute atomic E-state index is 0.00454. The van der Waals surface area contributed by atoms with Crippen LogP contribution in [0.15, 0.2) is 41.4 Å². The second kappa shape index (κ2) is 10.9. The highest BCUT2D eigenvalue weighted by Crippen LogP contribution is 2.30. The van der Waals surface area contributed by atoms with Crippen molar-refractivity contribution in [2.24, 2.45) is 10.7 Å². The van der Waals surface area contributed by atoms with Crippen LogP contribution in [0.3, 0.4) is 0 Å². The zero-order valence-corrected chi connectivity index (χ0v) is 16.6. The number of methoxy groups -OCH3 is 3. The molecule has 0 aromatic heterocycles. The molecule has 0 spiro atoms. The minimum atomic E-state index is -2.92. The van der Waals surface area contributed by atoms with Crippen LogP contribution >= 0.6 is 0 Å². The van der Waals surface area contributed by atoms with Gasteiger partial charge in [-0.15, -0.1) is 0 Å². The lowest BCUT2D eigenvalue weighted by Gasteiger charge is -2.12. The average molecular weight is 409 g/mol. The maximum absolute atomic E-state index is 12.5. The van der Waals surface area contributed by atoms with Crippen molar-refractivity contribution in [3.8, 4) is 23.0 Å². The number of guanidine groups is 1. The van der Waals surface area contributed by atoms with Crippen molar-refractivity contribution in [2.45, 2.75) is 19.6 Å². The zero-order chi connectivity index (χ0) is 21.2. The fraction of sp³-hybridized carbons (Fsp3) is 0.350. The van der Waals surface area contributed by atoms with Crippen LogP contribution in [-0.2, 0) is 13.0 Å². The van der Waals surface area contributed by atoms with Crippen LogP contribution in [0.5, 0.6) is 23.0 Å². The largest absolute Gasteiger partial charge is 0.493 e. The third-order valence-electron chi connectivity index (χ3n) is 4.04. The summed E-state index contributed by atoms with van der Waals surface area (Å²) >= 11 is 0. The van der Waals surface area contributed by atoms with Gasteiger partial charge in [0.05, 0.1) is 27.9 Å². The van der Waals surface area contributed by atoms with Gasteiger partial charge in [-0.2, -0.15) is 8.78 Å². The third-order valence-corrected chi connectivity index (χ3v) is 4.04. The van der Waals surface area contributed by atoms with E-state index >= 15 is 0 Å². The molecule has 0 atom stereocenters. The lowest BCUT2D eigenvalue weighted by Crippen LogP contribution is -2.33. The first kappa shape index (κ1) is 22.1. The van der Waals surface area contributed by atoms with Gasteiger partial charge in [0.25, 0.3) is 0 Å². The number of nitrogens with zero attached hydrogens (tertiary/aromatic N) is 1. The number of halogens is 2. The summed E-state index contributed by atoms with van der Waals surface area (Å²) in [5, 5.41) is 2.99. The van der Waals surface area contributed by atoms with Crippen LogP contribution in [0.25, 0.3) is 0 Å². The number of nitrogens with two attached hydrogens (primary N) is 1. The zero-order valence-electron chi connectivity index (χ0n) is 16.6. The van der Waals surface area contributed by atoms with Gasteiger partial charge in [0, 0.05) is 6.54 Å². The van der Waals surface area contributed by atoms with Crippen LogP contribution in [0.4, 0.5) is 8.78 Å². The minimum Gasteiger partial charge on any atom is -0.493 e. The molecule has 2 aromatic carbocycles. The van der Waals surface area contributed by atoms with Gasteiger partial charge >= 0.3 is 6.61 Å². The van der Waals surface area contributed by atoms with Gasteiger partial charge in [-0.1, -0.05) is 12.1 Å². The van der Waals surface area contributed by atoms with E-state index in [1.165, 1.54) is 13.2 Å². The molecule has 7 nitrogen and oxygen atoms in total. The molecule has 0 saturated heterocycles. The van der Waals surface area contributed by atoms with Gasteiger partial charge in [-0.3, -0.25) is 0 Å². The lowest BCUT2D eigenvalue weighted by molar-refractivity contribution is -0.0512. The number of alkyl halides is 2. The second-order valence-corrected chi connectivity index (χ2v) is 5.93. The van der Waals surface area contributed by atoms with Crippen molar-refractivity contribution >= 4 is 5.96 Å². The Morgan fingerprint density at radius 2 is 1.52 bits per heavy atom. The number of rotatable bonds is 10. The van der Waals surface area contributed by atoms with Crippen molar-refractivity contribution in [1.29, 1.82) is 0 Å². The molecule has 158 valence electrons. The molecule has 0 fully saturated rings. The maximum Gasteiger partial charge on any atom is 0.387 e. The van der Waals surface area contributed by atoms with Gasteiger partial charge < -0.3 is 30.0 Å². The van der Waals surface area contributed by atoms with E-state index in [0.29, 0.717) is 31.0 Å². The quantitative estimate of drug-likeness (QED) is 0.463. The number of hydrogen-bond donors (Lipinski definition) is 2. The Kier molecular flexibility index (Phi) is 8.32. The highest BCUT2D eigenvalue weighted by molar-refractivity contribution is 5.77. The second-order valence-electron chi connectivity index (χ2n) is 5.93. The van der Waals surface area contributed by atoms with E-state index in [4.69, 9.17) is 19.9 Å². The smallest absolute Gasteiger partial charge is 0.387 e. The summed E-state index contributed by atoms with van der Waals surface area (Å²) in [5.74, 6) is 1.78. The highest BCUT2D eigenvalue weighted by Gasteiger charge is 2.11. The molecular weight excluding hydrogens is 384 g/mol. The normalized spacial score (nSPS) is 11.3. The monoisotopic (exact) mass is 409 g/mol. The van der Waals surface area contributed by atoms with Crippen molar-refractivity contribution in [1.82, 2.24) is 5.32 Å². The summed E-state index contributed by atoms with van der Waals surface area (Å²) < 4.78 is 45.0. The molecule has 2 aromatic rings. The van der Waals surface area contributed by atoms with Crippen LogP contribution in [-0.4, -0.2) is 40.4 Å². The number of ether oxygens (including phenoxy) is 4. The predicted molar refractivity (Wildman–Crippen MR) is 106 cm³/mol. The molecule has 0 unspecified atom stereocenters. The Morgan fingerprint density at radius 3 is 2.14 bits per heavy atom. The van der Waals surface area contributed by atoms with E-state index in [9.17, 15) is 8.78 Å². The maximum atomic E-state index is 12.5. The Morgan fingerprint density at radius 1 is 0.931 bits per heavy atom. The van der Waals surface area contributed by atoms with Gasteiger partial charge in [0.1, 0.15) is 0 Å². The first-order valence-corrected chi connectivity index (χ1v) is 8.83.